The van der Waals surface area contributed by atoms with Gasteiger partial charge in [0.1, 0.15) is 6.04 Å². The van der Waals surface area contributed by atoms with Gasteiger partial charge in [-0.15, -0.1) is 11.3 Å². The van der Waals surface area contributed by atoms with Crippen molar-refractivity contribution in [2.75, 3.05) is 20.6 Å². The second-order valence-corrected chi connectivity index (χ2v) is 6.02. The Morgan fingerprint density at radius 2 is 2.05 bits per heavy atom. The zero-order chi connectivity index (χ0) is 15.2. The number of nitrogens with one attached hydrogen (secondary N) is 1. The lowest BCUT2D eigenvalue weighted by atomic mass is 10.0. The van der Waals surface area contributed by atoms with E-state index < -0.39 is 0 Å². The Bertz CT molecular complexity index is 564. The zero-order valence-electron chi connectivity index (χ0n) is 12.7. The molecule has 0 saturated carbocycles. The normalized spacial score (nSPS) is 12.4. The molecule has 4 nitrogen and oxygen atoms in total. The molecule has 0 radical (unpaired) electrons. The van der Waals surface area contributed by atoms with E-state index in [1.165, 1.54) is 5.56 Å². The topological polar surface area (TPSA) is 45.2 Å². The minimum absolute atomic E-state index is 0.0269. The number of benzene rings is 1. The third-order valence-corrected chi connectivity index (χ3v) is 3.96. The summed E-state index contributed by atoms with van der Waals surface area (Å²) in [5.41, 5.74) is 5.04. The molecule has 2 aromatic rings. The number of rotatable bonds is 6. The molecule has 0 saturated heterocycles. The van der Waals surface area contributed by atoms with Gasteiger partial charge in [0, 0.05) is 18.3 Å². The molecule has 0 spiro atoms. The summed E-state index contributed by atoms with van der Waals surface area (Å²) in [6.45, 7) is 2.65. The van der Waals surface area contributed by atoms with E-state index in [0.717, 1.165) is 17.7 Å². The van der Waals surface area contributed by atoms with Crippen molar-refractivity contribution < 1.29 is 4.79 Å². The van der Waals surface area contributed by atoms with Crippen molar-refractivity contribution in [2.45, 2.75) is 19.4 Å². The van der Waals surface area contributed by atoms with Gasteiger partial charge in [-0.05, 0) is 26.6 Å². The molecule has 1 atom stereocenters. The van der Waals surface area contributed by atoms with Crippen LogP contribution in [-0.2, 0) is 11.2 Å². The summed E-state index contributed by atoms with van der Waals surface area (Å²) in [5.74, 6) is 0.0269. The summed E-state index contributed by atoms with van der Waals surface area (Å²) in [6.07, 6.45) is 0.767. The van der Waals surface area contributed by atoms with E-state index in [9.17, 15) is 4.79 Å². The summed E-state index contributed by atoms with van der Waals surface area (Å²) in [6, 6.07) is 7.84. The van der Waals surface area contributed by atoms with Crippen LogP contribution in [0.5, 0.6) is 0 Å². The molecule has 1 aromatic heterocycles. The number of aryl methyl sites for hydroxylation is 1. The highest BCUT2D eigenvalue weighted by Crippen LogP contribution is 2.19. The Morgan fingerprint density at radius 3 is 2.62 bits per heavy atom. The van der Waals surface area contributed by atoms with Gasteiger partial charge >= 0.3 is 0 Å². The van der Waals surface area contributed by atoms with Crippen LogP contribution in [0, 0.1) is 6.92 Å². The maximum atomic E-state index is 12.4. The molecular formula is C16H21N3OS. The van der Waals surface area contributed by atoms with E-state index in [4.69, 9.17) is 0 Å². The number of likely N-dealkylation sites (N-methyl/N-ethyl adjacent to an activating group) is 1. The van der Waals surface area contributed by atoms with Crippen LogP contribution in [0.3, 0.4) is 0 Å². The first-order valence-corrected chi connectivity index (χ1v) is 7.90. The standard InChI is InChI=1S/C16H21N3OS/c1-12-4-6-13(7-5-12)15(19(2)3)16(20)17-9-8-14-10-21-11-18-14/h4-7,10-11,15H,8-9H2,1-3H3,(H,17,20). The van der Waals surface area contributed by atoms with Crippen molar-refractivity contribution in [3.05, 3.63) is 52.0 Å². The van der Waals surface area contributed by atoms with E-state index in [1.807, 2.05) is 61.1 Å². The van der Waals surface area contributed by atoms with Crippen LogP contribution in [0.25, 0.3) is 0 Å². The number of carbonyl (C=O) groups excluding carboxylic acids is 1. The van der Waals surface area contributed by atoms with Gasteiger partial charge in [-0.1, -0.05) is 29.8 Å². The molecule has 1 amide bonds. The van der Waals surface area contributed by atoms with Gasteiger partial charge < -0.3 is 5.32 Å². The zero-order valence-corrected chi connectivity index (χ0v) is 13.5. The van der Waals surface area contributed by atoms with Crippen LogP contribution < -0.4 is 5.32 Å². The van der Waals surface area contributed by atoms with Gasteiger partial charge in [0.05, 0.1) is 11.2 Å². The average molecular weight is 303 g/mol. The fourth-order valence-corrected chi connectivity index (χ4v) is 2.80. The lowest BCUT2D eigenvalue weighted by Crippen LogP contribution is -2.37. The number of carbonyl (C=O) groups is 1. The summed E-state index contributed by atoms with van der Waals surface area (Å²) in [7, 11) is 3.84. The molecule has 1 heterocycles. The maximum Gasteiger partial charge on any atom is 0.241 e. The average Bonchev–Trinajstić information content (AvgIpc) is 2.94. The van der Waals surface area contributed by atoms with Gasteiger partial charge in [0.2, 0.25) is 5.91 Å². The van der Waals surface area contributed by atoms with Gasteiger partial charge in [0.15, 0.2) is 0 Å². The maximum absolute atomic E-state index is 12.4. The third-order valence-electron chi connectivity index (χ3n) is 3.32. The van der Waals surface area contributed by atoms with Crippen LogP contribution in [0.2, 0.25) is 0 Å². The van der Waals surface area contributed by atoms with Gasteiger partial charge in [-0.25, -0.2) is 4.98 Å². The highest BCUT2D eigenvalue weighted by molar-refractivity contribution is 7.07. The van der Waals surface area contributed by atoms with Crippen molar-refractivity contribution in [3.63, 3.8) is 0 Å². The molecule has 0 aliphatic heterocycles. The number of aromatic nitrogens is 1. The van der Waals surface area contributed by atoms with E-state index >= 15 is 0 Å². The largest absolute Gasteiger partial charge is 0.354 e. The van der Waals surface area contributed by atoms with Gasteiger partial charge in [0.25, 0.3) is 0 Å². The fourth-order valence-electron chi connectivity index (χ4n) is 2.20. The van der Waals surface area contributed by atoms with E-state index in [2.05, 4.69) is 10.3 Å². The fraction of sp³-hybridized carbons (Fsp3) is 0.375. The number of hydrogen-bond acceptors (Lipinski definition) is 4. The van der Waals surface area contributed by atoms with Crippen LogP contribution in [0.15, 0.2) is 35.2 Å². The molecule has 0 bridgehead atoms. The first kappa shape index (κ1) is 15.7. The second-order valence-electron chi connectivity index (χ2n) is 5.30. The molecule has 0 fully saturated rings. The van der Waals surface area contributed by atoms with Gasteiger partial charge in [-0.2, -0.15) is 0 Å². The number of nitrogens with zero attached hydrogens (tertiary/aromatic N) is 2. The minimum atomic E-state index is -0.263. The lowest BCUT2D eigenvalue weighted by molar-refractivity contribution is -0.125. The smallest absolute Gasteiger partial charge is 0.241 e. The molecule has 1 N–H and O–H groups in total. The van der Waals surface area contributed by atoms with Crippen molar-refractivity contribution in [1.82, 2.24) is 15.2 Å². The number of hydrogen-bond donors (Lipinski definition) is 1. The monoisotopic (exact) mass is 303 g/mol. The highest BCUT2D eigenvalue weighted by atomic mass is 32.1. The molecule has 1 aromatic carbocycles. The summed E-state index contributed by atoms with van der Waals surface area (Å²) < 4.78 is 0. The molecule has 2 rings (SSSR count). The van der Waals surface area contributed by atoms with Crippen LogP contribution >= 0.6 is 11.3 Å². The first-order valence-electron chi connectivity index (χ1n) is 6.95. The molecular weight excluding hydrogens is 282 g/mol. The van der Waals surface area contributed by atoms with Crippen LogP contribution in [-0.4, -0.2) is 36.4 Å². The SMILES string of the molecule is Cc1ccc(C(C(=O)NCCc2cscn2)N(C)C)cc1. The molecule has 0 aliphatic carbocycles. The van der Waals surface area contributed by atoms with Crippen molar-refractivity contribution >= 4 is 17.2 Å². The molecule has 5 heteroatoms. The van der Waals surface area contributed by atoms with Crippen molar-refractivity contribution in [2.24, 2.45) is 0 Å². The van der Waals surface area contributed by atoms with Crippen molar-refractivity contribution in [3.8, 4) is 0 Å². The highest BCUT2D eigenvalue weighted by Gasteiger charge is 2.22. The van der Waals surface area contributed by atoms with E-state index in [0.29, 0.717) is 6.54 Å². The predicted octanol–water partition coefficient (Wildman–Crippen LogP) is 2.41. The number of thiazole rings is 1. The van der Waals surface area contributed by atoms with E-state index in [-0.39, 0.29) is 11.9 Å². The summed E-state index contributed by atoms with van der Waals surface area (Å²) in [4.78, 5) is 18.6. The molecule has 112 valence electrons. The van der Waals surface area contributed by atoms with Crippen molar-refractivity contribution in [1.29, 1.82) is 0 Å². The Kier molecular flexibility index (Phi) is 5.47. The first-order chi connectivity index (χ1) is 10.1. The molecule has 0 aliphatic rings. The Hall–Kier alpha value is -1.72. The third kappa shape index (κ3) is 4.37. The molecule has 21 heavy (non-hydrogen) atoms. The summed E-state index contributed by atoms with van der Waals surface area (Å²) >= 11 is 1.58. The quantitative estimate of drug-likeness (QED) is 0.891. The Morgan fingerprint density at radius 1 is 1.33 bits per heavy atom. The second kappa shape index (κ2) is 7.33. The Balaban J connectivity index is 1.97. The predicted molar refractivity (Wildman–Crippen MR) is 86.4 cm³/mol. The van der Waals surface area contributed by atoms with E-state index in [1.54, 1.807) is 11.3 Å². The number of amides is 1. The minimum Gasteiger partial charge on any atom is -0.354 e. The van der Waals surface area contributed by atoms with Gasteiger partial charge in [-0.3, -0.25) is 9.69 Å². The molecule has 1 unspecified atom stereocenters. The lowest BCUT2D eigenvalue weighted by Gasteiger charge is -2.24. The van der Waals surface area contributed by atoms with Crippen LogP contribution in [0.1, 0.15) is 22.9 Å². The van der Waals surface area contributed by atoms with Crippen LogP contribution in [0.4, 0.5) is 0 Å². The Labute approximate surface area is 129 Å². The summed E-state index contributed by atoms with van der Waals surface area (Å²) in [5, 5.41) is 5.01.